The maximum Gasteiger partial charge on any atom is 0.274 e. The van der Waals surface area contributed by atoms with Crippen LogP contribution in [0, 0.1) is 25.5 Å². The van der Waals surface area contributed by atoms with Crippen molar-refractivity contribution < 1.29 is 18.4 Å². The average Bonchev–Trinajstić information content (AvgIpc) is 2.67. The molecule has 2 amide bonds. The number of nitrogens with one attached hydrogen (secondary N) is 2. The summed E-state index contributed by atoms with van der Waals surface area (Å²) in [5, 5.41) is 5.08. The van der Waals surface area contributed by atoms with Gasteiger partial charge in [-0.2, -0.15) is 0 Å². The lowest BCUT2D eigenvalue weighted by Crippen LogP contribution is -2.19. The van der Waals surface area contributed by atoms with Crippen LogP contribution < -0.4 is 10.6 Å². The van der Waals surface area contributed by atoms with Gasteiger partial charge >= 0.3 is 0 Å². The Morgan fingerprint density at radius 3 is 2.11 bits per heavy atom. The lowest BCUT2D eigenvalue weighted by molar-refractivity contribution is 0.101. The zero-order valence-corrected chi connectivity index (χ0v) is 15.2. The molecule has 5 nitrogen and oxygen atoms in total. The van der Waals surface area contributed by atoms with Crippen molar-refractivity contribution in [2.45, 2.75) is 13.8 Å². The molecule has 0 saturated carbocycles. The number of halogens is 2. The number of aromatic nitrogens is 1. The van der Waals surface area contributed by atoms with Crippen molar-refractivity contribution in [2.75, 3.05) is 10.6 Å². The van der Waals surface area contributed by atoms with Crippen LogP contribution in [0.5, 0.6) is 0 Å². The van der Waals surface area contributed by atoms with Gasteiger partial charge in [0.2, 0.25) is 0 Å². The Morgan fingerprint density at radius 1 is 0.821 bits per heavy atom. The topological polar surface area (TPSA) is 71.1 Å². The van der Waals surface area contributed by atoms with Crippen molar-refractivity contribution in [1.29, 1.82) is 0 Å². The molecule has 1 heterocycles. The molecule has 142 valence electrons. The molecule has 7 heteroatoms. The average molecular weight is 381 g/mol. The molecule has 0 unspecified atom stereocenters. The Hall–Kier alpha value is -3.61. The molecule has 0 saturated heterocycles. The highest BCUT2D eigenvalue weighted by molar-refractivity contribution is 6.06. The van der Waals surface area contributed by atoms with E-state index in [1.54, 1.807) is 0 Å². The lowest BCUT2D eigenvalue weighted by Gasteiger charge is -2.10. The Kier molecular flexibility index (Phi) is 5.44. The number of hydrogen-bond acceptors (Lipinski definition) is 3. The summed E-state index contributed by atoms with van der Waals surface area (Å²) in [5.41, 5.74) is 2.31. The Bertz CT molecular complexity index is 1070. The van der Waals surface area contributed by atoms with Gasteiger partial charge in [0, 0.05) is 11.8 Å². The van der Waals surface area contributed by atoms with Crippen molar-refractivity contribution in [3.63, 3.8) is 0 Å². The Balaban J connectivity index is 1.78. The molecular weight excluding hydrogens is 364 g/mol. The van der Waals surface area contributed by atoms with E-state index in [4.69, 9.17) is 0 Å². The fourth-order valence-electron chi connectivity index (χ4n) is 2.52. The van der Waals surface area contributed by atoms with Gasteiger partial charge < -0.3 is 10.6 Å². The highest BCUT2D eigenvalue weighted by Gasteiger charge is 2.15. The highest BCUT2D eigenvalue weighted by atomic mass is 19.1. The van der Waals surface area contributed by atoms with Gasteiger partial charge in [0.25, 0.3) is 11.8 Å². The summed E-state index contributed by atoms with van der Waals surface area (Å²) < 4.78 is 26.7. The minimum Gasteiger partial charge on any atom is -0.320 e. The largest absolute Gasteiger partial charge is 0.320 e. The minimum atomic E-state index is -0.905. The third kappa shape index (κ3) is 4.37. The zero-order chi connectivity index (χ0) is 20.3. The Morgan fingerprint density at radius 2 is 1.46 bits per heavy atom. The van der Waals surface area contributed by atoms with Gasteiger partial charge in [0.1, 0.15) is 23.0 Å². The molecule has 0 aliphatic heterocycles. The second kappa shape index (κ2) is 7.96. The fourth-order valence-corrected chi connectivity index (χ4v) is 2.52. The van der Waals surface area contributed by atoms with E-state index in [1.807, 2.05) is 32.0 Å². The summed E-state index contributed by atoms with van der Waals surface area (Å²) in [4.78, 5) is 28.9. The van der Waals surface area contributed by atoms with E-state index < -0.39 is 23.4 Å². The number of rotatable bonds is 4. The van der Waals surface area contributed by atoms with Crippen molar-refractivity contribution in [1.82, 2.24) is 4.98 Å². The van der Waals surface area contributed by atoms with E-state index in [2.05, 4.69) is 15.6 Å². The van der Waals surface area contributed by atoms with Crippen LogP contribution in [0.2, 0.25) is 0 Å². The van der Waals surface area contributed by atoms with Gasteiger partial charge in [0.05, 0.1) is 5.69 Å². The summed E-state index contributed by atoms with van der Waals surface area (Å²) >= 11 is 0. The van der Waals surface area contributed by atoms with E-state index in [1.165, 1.54) is 18.2 Å². The van der Waals surface area contributed by atoms with Crippen LogP contribution >= 0.6 is 0 Å². The predicted octanol–water partition coefficient (Wildman–Crippen LogP) is 4.48. The summed E-state index contributed by atoms with van der Waals surface area (Å²) in [6.07, 6.45) is 0. The van der Waals surface area contributed by atoms with Crippen LogP contribution in [-0.4, -0.2) is 16.8 Å². The number of anilines is 2. The number of nitrogens with zero attached hydrogens (tertiary/aromatic N) is 1. The first-order valence-corrected chi connectivity index (χ1v) is 8.45. The molecule has 0 aliphatic carbocycles. The summed E-state index contributed by atoms with van der Waals surface area (Å²) in [6, 6.07) is 12.8. The van der Waals surface area contributed by atoms with Gasteiger partial charge in [-0.25, -0.2) is 13.8 Å². The second-order valence-corrected chi connectivity index (χ2v) is 6.26. The van der Waals surface area contributed by atoms with Crippen LogP contribution in [0.25, 0.3) is 0 Å². The van der Waals surface area contributed by atoms with Crippen molar-refractivity contribution >= 4 is 23.2 Å². The number of pyridine rings is 1. The zero-order valence-electron chi connectivity index (χ0n) is 15.2. The summed E-state index contributed by atoms with van der Waals surface area (Å²) in [7, 11) is 0. The molecule has 0 bridgehead atoms. The number of aryl methyl sites for hydroxylation is 2. The van der Waals surface area contributed by atoms with Gasteiger partial charge in [-0.05, 0) is 55.3 Å². The maximum absolute atomic E-state index is 13.7. The van der Waals surface area contributed by atoms with Gasteiger partial charge in [-0.1, -0.05) is 18.2 Å². The molecule has 3 rings (SSSR count). The maximum atomic E-state index is 13.7. The molecular formula is C21H17F2N3O2. The molecule has 0 fully saturated rings. The van der Waals surface area contributed by atoms with Gasteiger partial charge in [-0.15, -0.1) is 0 Å². The quantitative estimate of drug-likeness (QED) is 0.700. The second-order valence-electron chi connectivity index (χ2n) is 6.26. The van der Waals surface area contributed by atoms with E-state index in [-0.39, 0.29) is 17.1 Å². The van der Waals surface area contributed by atoms with Crippen molar-refractivity contribution in [2.24, 2.45) is 0 Å². The number of carbonyl (C=O) groups is 2. The number of hydrogen-bond donors (Lipinski definition) is 2. The van der Waals surface area contributed by atoms with Crippen molar-refractivity contribution in [3.05, 3.63) is 88.7 Å². The van der Waals surface area contributed by atoms with Crippen LogP contribution in [0.4, 0.5) is 20.2 Å². The van der Waals surface area contributed by atoms with Gasteiger partial charge in [0.15, 0.2) is 0 Å². The van der Waals surface area contributed by atoms with Crippen LogP contribution in [0.15, 0.2) is 54.6 Å². The third-order valence-electron chi connectivity index (χ3n) is 4.03. The van der Waals surface area contributed by atoms with E-state index in [0.29, 0.717) is 11.8 Å². The number of benzene rings is 2. The van der Waals surface area contributed by atoms with Crippen LogP contribution in [-0.2, 0) is 0 Å². The standard InChI is InChI=1S/C21H17F2N3O2/c1-12-6-7-13(2)19(10-12)26-21(28)18-5-3-4-17(24-18)20(27)25-16-9-8-14(22)11-15(16)23/h3-11H,1-2H3,(H,25,27)(H,26,28). The summed E-state index contributed by atoms with van der Waals surface area (Å²) in [6.45, 7) is 3.77. The molecule has 0 aliphatic rings. The summed E-state index contributed by atoms with van der Waals surface area (Å²) in [5.74, 6) is -2.85. The molecule has 0 radical (unpaired) electrons. The van der Waals surface area contributed by atoms with Crippen LogP contribution in [0.1, 0.15) is 32.1 Å². The molecule has 28 heavy (non-hydrogen) atoms. The first-order chi connectivity index (χ1) is 13.3. The molecule has 1 aromatic heterocycles. The number of amides is 2. The lowest BCUT2D eigenvalue weighted by atomic mass is 10.1. The first-order valence-electron chi connectivity index (χ1n) is 8.45. The van der Waals surface area contributed by atoms with Crippen LogP contribution in [0.3, 0.4) is 0 Å². The monoisotopic (exact) mass is 381 g/mol. The number of carbonyl (C=O) groups excluding carboxylic acids is 2. The molecule has 3 aromatic rings. The third-order valence-corrected chi connectivity index (χ3v) is 4.03. The molecule has 2 aromatic carbocycles. The normalized spacial score (nSPS) is 10.4. The smallest absolute Gasteiger partial charge is 0.274 e. The van der Waals surface area contributed by atoms with Gasteiger partial charge in [-0.3, -0.25) is 9.59 Å². The predicted molar refractivity (Wildman–Crippen MR) is 102 cm³/mol. The van der Waals surface area contributed by atoms with Crippen molar-refractivity contribution in [3.8, 4) is 0 Å². The highest BCUT2D eigenvalue weighted by Crippen LogP contribution is 2.18. The molecule has 2 N–H and O–H groups in total. The first kappa shape index (κ1) is 19.2. The van der Waals surface area contributed by atoms with E-state index in [0.717, 1.165) is 23.3 Å². The minimum absolute atomic E-state index is 0.0353. The fraction of sp³-hybridized carbons (Fsp3) is 0.0952. The van der Waals surface area contributed by atoms with E-state index >= 15 is 0 Å². The SMILES string of the molecule is Cc1ccc(C)c(NC(=O)c2cccc(C(=O)Nc3ccc(F)cc3F)n2)c1. The van der Waals surface area contributed by atoms with E-state index in [9.17, 15) is 18.4 Å². The Labute approximate surface area is 160 Å². The molecule has 0 atom stereocenters. The molecule has 0 spiro atoms.